The summed E-state index contributed by atoms with van der Waals surface area (Å²) in [6, 6.07) is 0. The van der Waals surface area contributed by atoms with Crippen molar-refractivity contribution in [2.45, 2.75) is 70.5 Å². The van der Waals surface area contributed by atoms with Crippen LogP contribution in [0.1, 0.15) is 58.3 Å². The van der Waals surface area contributed by atoms with Gasteiger partial charge in [-0.15, -0.1) is 0 Å². The van der Waals surface area contributed by atoms with Crippen molar-refractivity contribution < 1.29 is 14.6 Å². The molecule has 0 bridgehead atoms. The smallest absolute Gasteiger partial charge is 0.308 e. The Morgan fingerprint density at radius 2 is 2.05 bits per heavy atom. The number of allylic oxidation sites excluding steroid dienone is 2. The molecule has 3 heteroatoms. The highest BCUT2D eigenvalue weighted by Gasteiger charge is 2.36. The van der Waals surface area contributed by atoms with Gasteiger partial charge in [0.05, 0.1) is 12.5 Å². The molecule has 0 amide bonds. The van der Waals surface area contributed by atoms with E-state index in [0.717, 1.165) is 30.6 Å². The van der Waals surface area contributed by atoms with E-state index in [9.17, 15) is 9.90 Å². The predicted octanol–water partition coefficient (Wildman–Crippen LogP) is 3.46. The number of hydrogen-bond donors (Lipinski definition) is 1. The fourth-order valence-electron chi connectivity index (χ4n) is 4.70. The van der Waals surface area contributed by atoms with Crippen molar-refractivity contribution in [1.29, 1.82) is 0 Å². The van der Waals surface area contributed by atoms with Crippen LogP contribution in [0.15, 0.2) is 12.2 Å². The molecule has 0 aromatic heterocycles. The van der Waals surface area contributed by atoms with Gasteiger partial charge in [-0.25, -0.2) is 0 Å². The number of esters is 1. The average molecular weight is 292 g/mol. The van der Waals surface area contributed by atoms with E-state index in [1.54, 1.807) is 0 Å². The van der Waals surface area contributed by atoms with Gasteiger partial charge in [-0.2, -0.15) is 0 Å². The zero-order chi connectivity index (χ0) is 14.8. The summed E-state index contributed by atoms with van der Waals surface area (Å²) < 4.78 is 5.40. The summed E-state index contributed by atoms with van der Waals surface area (Å²) in [6.07, 6.45) is 12.6. The predicted molar refractivity (Wildman–Crippen MR) is 81.6 cm³/mol. The van der Waals surface area contributed by atoms with E-state index in [-0.39, 0.29) is 18.5 Å². The highest BCUT2D eigenvalue weighted by atomic mass is 16.5. The van der Waals surface area contributed by atoms with Crippen LogP contribution >= 0.6 is 0 Å². The minimum atomic E-state index is -0.498. The van der Waals surface area contributed by atoms with E-state index in [1.807, 2.05) is 0 Å². The number of ether oxygens (including phenoxy) is 1. The largest absolute Gasteiger partial charge is 0.462 e. The van der Waals surface area contributed by atoms with Crippen molar-refractivity contribution in [3.8, 4) is 0 Å². The van der Waals surface area contributed by atoms with Crippen molar-refractivity contribution in [1.82, 2.24) is 0 Å². The maximum Gasteiger partial charge on any atom is 0.308 e. The van der Waals surface area contributed by atoms with Gasteiger partial charge in [0.1, 0.15) is 6.10 Å². The normalized spacial score (nSPS) is 43.2. The first-order chi connectivity index (χ1) is 10.1. The number of aliphatic hydroxyl groups excluding tert-OH is 1. The molecule has 0 radical (unpaired) electrons. The Kier molecular flexibility index (Phi) is 4.68. The zero-order valence-electron chi connectivity index (χ0n) is 13.0. The van der Waals surface area contributed by atoms with Crippen LogP contribution in [0, 0.1) is 23.7 Å². The minimum absolute atomic E-state index is 0.0682. The average Bonchev–Trinajstić information content (AvgIpc) is 2.45. The third kappa shape index (κ3) is 3.50. The second kappa shape index (κ2) is 6.51. The number of hydrogen-bond acceptors (Lipinski definition) is 3. The molecule has 2 aliphatic carbocycles. The summed E-state index contributed by atoms with van der Waals surface area (Å²) in [5.74, 6) is 2.72. The number of rotatable bonds is 3. The van der Waals surface area contributed by atoms with Crippen LogP contribution < -0.4 is 0 Å². The molecule has 6 atom stereocenters. The Hall–Kier alpha value is -0.830. The minimum Gasteiger partial charge on any atom is -0.462 e. The van der Waals surface area contributed by atoms with Gasteiger partial charge in [0.25, 0.3) is 0 Å². The SMILES string of the molecule is C[C@H]1C=C[C@@H]2CCCC[C@@H]2[C@@H]1CC[C@@H]1C[C@@H](O)CC(=O)O1. The lowest BCUT2D eigenvalue weighted by Crippen LogP contribution is -2.36. The van der Waals surface area contributed by atoms with Gasteiger partial charge in [-0.3, -0.25) is 4.79 Å². The molecule has 2 fully saturated rings. The van der Waals surface area contributed by atoms with Crippen LogP contribution in [0.4, 0.5) is 0 Å². The molecule has 1 saturated heterocycles. The van der Waals surface area contributed by atoms with Crippen molar-refractivity contribution in [2.75, 3.05) is 0 Å². The van der Waals surface area contributed by atoms with Crippen molar-refractivity contribution in [2.24, 2.45) is 23.7 Å². The maximum absolute atomic E-state index is 11.4. The molecule has 21 heavy (non-hydrogen) atoms. The van der Waals surface area contributed by atoms with Gasteiger partial charge in [0.2, 0.25) is 0 Å². The molecular formula is C18H28O3. The molecule has 1 N–H and O–H groups in total. The Morgan fingerprint density at radius 3 is 2.86 bits per heavy atom. The summed E-state index contributed by atoms with van der Waals surface area (Å²) >= 11 is 0. The van der Waals surface area contributed by atoms with E-state index in [1.165, 1.54) is 25.7 Å². The summed E-state index contributed by atoms with van der Waals surface area (Å²) in [7, 11) is 0. The molecule has 0 unspecified atom stereocenters. The first kappa shape index (κ1) is 15.1. The van der Waals surface area contributed by atoms with Crippen LogP contribution in [0.3, 0.4) is 0 Å². The fourth-order valence-corrected chi connectivity index (χ4v) is 4.70. The third-order valence-corrected chi connectivity index (χ3v) is 5.82. The van der Waals surface area contributed by atoms with Gasteiger partial charge in [0.15, 0.2) is 0 Å². The summed E-state index contributed by atoms with van der Waals surface area (Å²) in [5, 5.41) is 9.71. The molecule has 1 saturated carbocycles. The second-order valence-electron chi connectivity index (χ2n) is 7.30. The van der Waals surface area contributed by atoms with Gasteiger partial charge in [-0.1, -0.05) is 31.9 Å². The second-order valence-corrected chi connectivity index (χ2v) is 7.30. The van der Waals surface area contributed by atoms with Crippen LogP contribution in [-0.4, -0.2) is 23.3 Å². The monoisotopic (exact) mass is 292 g/mol. The lowest BCUT2D eigenvalue weighted by Gasteiger charge is -2.42. The Morgan fingerprint density at radius 1 is 1.24 bits per heavy atom. The highest BCUT2D eigenvalue weighted by molar-refractivity contribution is 5.70. The third-order valence-electron chi connectivity index (χ3n) is 5.82. The zero-order valence-corrected chi connectivity index (χ0v) is 13.0. The van der Waals surface area contributed by atoms with Gasteiger partial charge < -0.3 is 9.84 Å². The van der Waals surface area contributed by atoms with E-state index in [4.69, 9.17) is 4.74 Å². The quantitative estimate of drug-likeness (QED) is 0.640. The summed E-state index contributed by atoms with van der Waals surface area (Å²) in [6.45, 7) is 2.33. The van der Waals surface area contributed by atoms with Crippen molar-refractivity contribution in [3.63, 3.8) is 0 Å². The summed E-state index contributed by atoms with van der Waals surface area (Å²) in [4.78, 5) is 11.4. The van der Waals surface area contributed by atoms with E-state index < -0.39 is 6.10 Å². The number of cyclic esters (lactones) is 1. The van der Waals surface area contributed by atoms with Crippen LogP contribution in [0.25, 0.3) is 0 Å². The molecular weight excluding hydrogens is 264 g/mol. The van der Waals surface area contributed by atoms with Crippen LogP contribution in [-0.2, 0) is 9.53 Å². The molecule has 0 aromatic carbocycles. The molecule has 1 aliphatic heterocycles. The molecule has 118 valence electrons. The molecule has 3 rings (SSSR count). The lowest BCUT2D eigenvalue weighted by molar-refractivity contribution is -0.160. The fraction of sp³-hybridized carbons (Fsp3) is 0.833. The number of aliphatic hydroxyl groups is 1. The van der Waals surface area contributed by atoms with E-state index in [2.05, 4.69) is 19.1 Å². The van der Waals surface area contributed by atoms with Gasteiger partial charge >= 0.3 is 5.97 Å². The topological polar surface area (TPSA) is 46.5 Å². The molecule has 0 spiro atoms. The maximum atomic E-state index is 11.4. The number of carbonyl (C=O) groups is 1. The lowest BCUT2D eigenvalue weighted by atomic mass is 9.64. The summed E-state index contributed by atoms with van der Waals surface area (Å²) in [5.41, 5.74) is 0. The number of carbonyl (C=O) groups excluding carboxylic acids is 1. The van der Waals surface area contributed by atoms with Crippen LogP contribution in [0.5, 0.6) is 0 Å². The Balaban J connectivity index is 1.58. The number of fused-ring (bicyclic) bond motifs is 1. The Bertz CT molecular complexity index is 403. The van der Waals surface area contributed by atoms with E-state index >= 15 is 0 Å². The van der Waals surface area contributed by atoms with E-state index in [0.29, 0.717) is 12.3 Å². The standard InChI is InChI=1S/C18H28O3/c1-12-6-7-13-4-2-3-5-17(13)16(12)9-8-15-10-14(19)11-18(20)21-15/h6-7,12-17,19H,2-5,8-11H2,1H3/t12-,13-,14+,15+,16+,17-/m0/s1. The van der Waals surface area contributed by atoms with Crippen molar-refractivity contribution in [3.05, 3.63) is 12.2 Å². The van der Waals surface area contributed by atoms with Gasteiger partial charge in [-0.05, 0) is 49.4 Å². The van der Waals surface area contributed by atoms with Crippen molar-refractivity contribution >= 4 is 5.97 Å². The molecule has 3 nitrogen and oxygen atoms in total. The molecule has 3 aliphatic rings. The Labute approximate surface area is 127 Å². The highest BCUT2D eigenvalue weighted by Crippen LogP contribution is 2.45. The molecule has 1 heterocycles. The first-order valence-electron chi connectivity index (χ1n) is 8.69. The van der Waals surface area contributed by atoms with Crippen LogP contribution in [0.2, 0.25) is 0 Å². The van der Waals surface area contributed by atoms with Gasteiger partial charge in [0, 0.05) is 6.42 Å². The first-order valence-corrected chi connectivity index (χ1v) is 8.69. The molecule has 0 aromatic rings.